The molecule has 1 aliphatic heterocycles. The smallest absolute Gasteiger partial charge is 0.480 e. The van der Waals surface area contributed by atoms with E-state index in [-0.39, 0.29) is 25.3 Å². The van der Waals surface area contributed by atoms with Gasteiger partial charge in [0.1, 0.15) is 0 Å². The van der Waals surface area contributed by atoms with Gasteiger partial charge in [0.2, 0.25) is 0 Å². The molecular weight excluding hydrogens is 327 g/mol. The van der Waals surface area contributed by atoms with Crippen LogP contribution < -0.4 is 5.32 Å². The molecule has 1 amide bonds. The lowest BCUT2D eigenvalue weighted by Crippen LogP contribution is -2.52. The van der Waals surface area contributed by atoms with E-state index in [9.17, 15) is 14.6 Å². The number of rotatable bonds is 5. The molecule has 11 heteroatoms. The van der Waals surface area contributed by atoms with E-state index in [1.165, 1.54) is 11.3 Å². The second kappa shape index (κ2) is 8.06. The normalized spacial score (nSPS) is 22.5. The lowest BCUT2D eigenvalue weighted by molar-refractivity contribution is -0.139. The van der Waals surface area contributed by atoms with Crippen molar-refractivity contribution < 1.29 is 34.3 Å². The van der Waals surface area contributed by atoms with E-state index in [0.717, 1.165) is 0 Å². The monoisotopic (exact) mass is 342 g/mol. The van der Waals surface area contributed by atoms with Gasteiger partial charge < -0.3 is 30.0 Å². The molecule has 4 N–H and O–H groups in total. The lowest BCUT2D eigenvalue weighted by Gasteiger charge is -2.18. The summed E-state index contributed by atoms with van der Waals surface area (Å²) in [6.07, 6.45) is -1.14. The van der Waals surface area contributed by atoms with E-state index in [1.54, 1.807) is 17.5 Å². The highest BCUT2D eigenvalue weighted by Crippen LogP contribution is 2.12. The maximum absolute atomic E-state index is 12.1. The molecule has 0 spiro atoms. The number of nitrogens with zero attached hydrogens (tertiary/aromatic N) is 1. The van der Waals surface area contributed by atoms with Gasteiger partial charge >= 0.3 is 13.1 Å². The van der Waals surface area contributed by atoms with Gasteiger partial charge in [-0.05, 0) is 11.4 Å². The molecule has 124 valence electrons. The summed E-state index contributed by atoms with van der Waals surface area (Å²) < 4.78 is 10.4. The van der Waals surface area contributed by atoms with E-state index in [4.69, 9.17) is 19.7 Å². The van der Waals surface area contributed by atoms with Gasteiger partial charge in [0.25, 0.3) is 5.91 Å². The SMILES string of the molecule is O=C(O)C[C@H]1COC[C@H](NC(=O)/C(=N\O)c2cccs2)B(O)O1. The van der Waals surface area contributed by atoms with Gasteiger partial charge in [-0.3, -0.25) is 9.59 Å². The highest BCUT2D eigenvalue weighted by Gasteiger charge is 2.36. The molecule has 2 atom stereocenters. The third kappa shape index (κ3) is 4.76. The van der Waals surface area contributed by atoms with Crippen LogP contribution >= 0.6 is 11.3 Å². The van der Waals surface area contributed by atoms with Gasteiger partial charge in [-0.2, -0.15) is 0 Å². The van der Waals surface area contributed by atoms with Gasteiger partial charge in [0, 0.05) is 0 Å². The molecule has 1 saturated heterocycles. The third-order valence-corrected chi connectivity index (χ3v) is 3.94. The first kappa shape index (κ1) is 17.4. The highest BCUT2D eigenvalue weighted by atomic mass is 32.1. The van der Waals surface area contributed by atoms with Gasteiger partial charge in [0.15, 0.2) is 5.71 Å². The maximum atomic E-state index is 12.1. The fraction of sp³-hybridized carbons (Fsp3) is 0.417. The Morgan fingerprint density at radius 1 is 1.48 bits per heavy atom. The summed E-state index contributed by atoms with van der Waals surface area (Å²) in [5.74, 6) is -2.71. The van der Waals surface area contributed by atoms with Gasteiger partial charge in [-0.1, -0.05) is 11.2 Å². The largest absolute Gasteiger partial charge is 0.481 e. The Morgan fingerprint density at radius 3 is 2.87 bits per heavy atom. The predicted octanol–water partition coefficient (Wildman–Crippen LogP) is -0.679. The van der Waals surface area contributed by atoms with Crippen molar-refractivity contribution in [3.05, 3.63) is 22.4 Å². The molecule has 2 heterocycles. The third-order valence-electron chi connectivity index (χ3n) is 3.07. The molecule has 0 aliphatic carbocycles. The number of hydrogen-bond acceptors (Lipinski definition) is 8. The Kier molecular flexibility index (Phi) is 6.10. The molecule has 1 aromatic heterocycles. The summed E-state index contributed by atoms with van der Waals surface area (Å²) in [6.45, 7) is -0.0756. The van der Waals surface area contributed by atoms with Gasteiger partial charge in [0.05, 0.1) is 36.6 Å². The Bertz CT molecular complexity index is 580. The number of carbonyl (C=O) groups excluding carboxylic acids is 1. The van der Waals surface area contributed by atoms with Crippen molar-refractivity contribution in [3.8, 4) is 0 Å². The highest BCUT2D eigenvalue weighted by molar-refractivity contribution is 7.13. The van der Waals surface area contributed by atoms with Crippen LogP contribution in [-0.2, 0) is 19.0 Å². The van der Waals surface area contributed by atoms with Crippen LogP contribution in [0.15, 0.2) is 22.7 Å². The number of hydrogen-bond donors (Lipinski definition) is 4. The lowest BCUT2D eigenvalue weighted by atomic mass is 9.79. The van der Waals surface area contributed by atoms with E-state index in [2.05, 4.69) is 10.5 Å². The van der Waals surface area contributed by atoms with Crippen LogP contribution in [0.2, 0.25) is 0 Å². The standard InChI is InChI=1S/C12H15BN2O7S/c16-10(17)4-7-5-21-6-9(13(19)22-7)14-12(18)11(15-20)8-2-1-3-23-8/h1-3,7,9,19-20H,4-6H2,(H,14,18)(H,16,17)/b15-11-/t7-,9-/m0/s1. The first-order valence-corrected chi connectivity index (χ1v) is 7.59. The summed E-state index contributed by atoms with van der Waals surface area (Å²) >= 11 is 1.22. The van der Waals surface area contributed by atoms with E-state index in [0.29, 0.717) is 4.88 Å². The Morgan fingerprint density at radius 2 is 2.26 bits per heavy atom. The predicted molar refractivity (Wildman–Crippen MR) is 80.5 cm³/mol. The molecule has 23 heavy (non-hydrogen) atoms. The van der Waals surface area contributed by atoms with Crippen LogP contribution in [0.5, 0.6) is 0 Å². The number of ether oxygens (including phenoxy) is 1. The minimum absolute atomic E-state index is 0.0123. The topological polar surface area (TPSA) is 138 Å². The molecule has 0 aromatic carbocycles. The zero-order valence-corrected chi connectivity index (χ0v) is 12.7. The summed E-state index contributed by atoms with van der Waals surface area (Å²) in [4.78, 5) is 23.3. The second-order valence-corrected chi connectivity index (χ2v) is 5.74. The summed E-state index contributed by atoms with van der Waals surface area (Å²) in [5, 5.41) is 34.8. The molecule has 1 aromatic rings. The number of carbonyl (C=O) groups is 2. The van der Waals surface area contributed by atoms with E-state index in [1.807, 2.05) is 0 Å². The van der Waals surface area contributed by atoms with E-state index < -0.39 is 31.0 Å². The van der Waals surface area contributed by atoms with Crippen molar-refractivity contribution in [2.75, 3.05) is 13.2 Å². The summed E-state index contributed by atoms with van der Waals surface area (Å²) in [7, 11) is -1.44. The fourth-order valence-corrected chi connectivity index (χ4v) is 2.72. The number of thiophene rings is 1. The molecular formula is C12H15BN2O7S. The number of amides is 1. The van der Waals surface area contributed by atoms with Crippen molar-refractivity contribution in [2.45, 2.75) is 18.5 Å². The van der Waals surface area contributed by atoms with Crippen molar-refractivity contribution in [2.24, 2.45) is 5.16 Å². The van der Waals surface area contributed by atoms with Gasteiger partial charge in [-0.15, -0.1) is 11.3 Å². The molecule has 9 nitrogen and oxygen atoms in total. The average Bonchev–Trinajstić information content (AvgIpc) is 2.94. The molecule has 2 rings (SSSR count). The molecule has 0 saturated carbocycles. The van der Waals surface area contributed by atoms with Crippen molar-refractivity contribution in [3.63, 3.8) is 0 Å². The second-order valence-electron chi connectivity index (χ2n) is 4.79. The molecule has 1 fully saturated rings. The summed E-state index contributed by atoms with van der Waals surface area (Å²) in [5.41, 5.74) is -0.196. The minimum Gasteiger partial charge on any atom is -0.481 e. The van der Waals surface area contributed by atoms with Crippen LogP contribution in [0.4, 0.5) is 0 Å². The number of carboxylic acids is 1. The Hall–Kier alpha value is -1.95. The zero-order valence-electron chi connectivity index (χ0n) is 11.9. The molecule has 0 radical (unpaired) electrons. The Labute approximate surface area is 135 Å². The minimum atomic E-state index is -1.44. The van der Waals surface area contributed by atoms with E-state index >= 15 is 0 Å². The van der Waals surface area contributed by atoms with Crippen LogP contribution in [0.1, 0.15) is 11.3 Å². The number of carboxylic acid groups (broad SMARTS) is 1. The number of nitrogens with one attached hydrogen (secondary N) is 1. The fourth-order valence-electron chi connectivity index (χ4n) is 2.01. The quantitative estimate of drug-likeness (QED) is 0.241. The molecule has 1 aliphatic rings. The van der Waals surface area contributed by atoms with Gasteiger partial charge in [-0.25, -0.2) is 0 Å². The van der Waals surface area contributed by atoms with Crippen LogP contribution in [0.25, 0.3) is 0 Å². The van der Waals surface area contributed by atoms with Crippen LogP contribution in [-0.4, -0.2) is 65.3 Å². The van der Waals surface area contributed by atoms with Crippen molar-refractivity contribution >= 4 is 36.0 Å². The summed E-state index contributed by atoms with van der Waals surface area (Å²) in [6, 6.07) is 3.31. The zero-order chi connectivity index (χ0) is 16.8. The number of aliphatic carboxylic acids is 1. The number of oxime groups is 1. The molecule has 0 bridgehead atoms. The first-order valence-electron chi connectivity index (χ1n) is 6.71. The average molecular weight is 342 g/mol. The Balaban J connectivity index is 1.99. The van der Waals surface area contributed by atoms with Crippen LogP contribution in [0.3, 0.4) is 0 Å². The van der Waals surface area contributed by atoms with Crippen molar-refractivity contribution in [1.82, 2.24) is 5.32 Å². The maximum Gasteiger partial charge on any atom is 0.480 e. The van der Waals surface area contributed by atoms with Crippen molar-refractivity contribution in [1.29, 1.82) is 0 Å². The first-order chi connectivity index (χ1) is 11.0. The molecule has 0 unspecified atom stereocenters. The van der Waals surface area contributed by atoms with Crippen LogP contribution in [0, 0.1) is 0 Å².